The van der Waals surface area contributed by atoms with Crippen molar-refractivity contribution in [3.05, 3.63) is 146 Å². The van der Waals surface area contributed by atoms with Gasteiger partial charge < -0.3 is 0 Å². The Kier molecular flexibility index (Phi) is 6.03. The fourth-order valence-corrected chi connectivity index (χ4v) is 6.06. The zero-order valence-electron chi connectivity index (χ0n) is 24.5. The molecule has 0 saturated heterocycles. The van der Waals surface area contributed by atoms with Crippen LogP contribution >= 0.6 is 0 Å². The zero-order chi connectivity index (χ0) is 30.5. The molecule has 0 unspecified atom stereocenters. The minimum absolute atomic E-state index is 0.758. The third-order valence-corrected chi connectivity index (χ3v) is 8.39. The highest BCUT2D eigenvalue weighted by atomic mass is 14.8. The summed E-state index contributed by atoms with van der Waals surface area (Å²) < 4.78 is 0. The molecule has 0 aliphatic carbocycles. The fraction of sp³-hybridized carbons (Fsp3) is 0. The molecule has 6 aromatic heterocycles. The summed E-state index contributed by atoms with van der Waals surface area (Å²) in [4.78, 5) is 29.2. The summed E-state index contributed by atoms with van der Waals surface area (Å²) in [6.45, 7) is 0. The average Bonchev–Trinajstić information content (AvgIpc) is 3.14. The van der Waals surface area contributed by atoms with Gasteiger partial charge in [0.1, 0.15) is 0 Å². The molecule has 0 N–H and O–H groups in total. The summed E-state index contributed by atoms with van der Waals surface area (Å²) in [5.74, 6) is 0. The van der Waals surface area contributed by atoms with Crippen molar-refractivity contribution in [2.45, 2.75) is 0 Å². The number of aromatic nitrogens is 6. The Morgan fingerprint density at radius 2 is 0.783 bits per heavy atom. The Labute approximate surface area is 264 Å². The molecule has 0 fully saturated rings. The first-order valence-corrected chi connectivity index (χ1v) is 15.1. The molecule has 0 atom stereocenters. The molecule has 6 nitrogen and oxygen atoms in total. The van der Waals surface area contributed by atoms with Crippen molar-refractivity contribution in [2.24, 2.45) is 0 Å². The lowest BCUT2D eigenvalue weighted by Crippen LogP contribution is -1.96. The van der Waals surface area contributed by atoms with Gasteiger partial charge in [-0.3, -0.25) is 15.0 Å². The first-order valence-electron chi connectivity index (χ1n) is 15.1. The third kappa shape index (κ3) is 4.52. The lowest BCUT2D eigenvalue weighted by atomic mass is 10.00. The molecule has 0 radical (unpaired) electrons. The Hall–Kier alpha value is -6.40. The minimum Gasteiger partial charge on any atom is -0.256 e. The quantitative estimate of drug-likeness (QED) is 0.191. The van der Waals surface area contributed by atoms with Gasteiger partial charge in [-0.15, -0.1) is 0 Å². The normalized spacial score (nSPS) is 11.5. The molecular formula is C40H24N6. The second-order valence-electron chi connectivity index (χ2n) is 11.2. The van der Waals surface area contributed by atoms with E-state index < -0.39 is 0 Å². The molecule has 0 amide bonds. The molecule has 0 saturated carbocycles. The number of pyridine rings is 6. The van der Waals surface area contributed by atoms with Gasteiger partial charge in [-0.2, -0.15) is 0 Å². The molecule has 0 aliphatic heterocycles. The average molecular weight is 589 g/mol. The van der Waals surface area contributed by atoms with E-state index >= 15 is 0 Å². The summed E-state index contributed by atoms with van der Waals surface area (Å²) in [5.41, 5.74) is 10.6. The van der Waals surface area contributed by atoms with Crippen molar-refractivity contribution in [3.63, 3.8) is 0 Å². The smallest absolute Gasteiger partial charge is 0.0972 e. The van der Waals surface area contributed by atoms with Crippen LogP contribution in [-0.4, -0.2) is 29.9 Å². The maximum absolute atomic E-state index is 5.16. The topological polar surface area (TPSA) is 77.3 Å². The van der Waals surface area contributed by atoms with E-state index in [1.807, 2.05) is 61.1 Å². The van der Waals surface area contributed by atoms with Gasteiger partial charge in [0.15, 0.2) is 0 Å². The second-order valence-corrected chi connectivity index (χ2v) is 11.2. The van der Waals surface area contributed by atoms with Crippen LogP contribution in [0.25, 0.3) is 88.8 Å². The molecule has 214 valence electrons. The summed E-state index contributed by atoms with van der Waals surface area (Å²) in [7, 11) is 0. The number of hydrogen-bond donors (Lipinski definition) is 0. The molecular weight excluding hydrogens is 564 g/mol. The largest absolute Gasteiger partial charge is 0.256 e. The van der Waals surface area contributed by atoms with Crippen LogP contribution in [0.15, 0.2) is 146 Å². The van der Waals surface area contributed by atoms with Crippen molar-refractivity contribution in [1.82, 2.24) is 29.9 Å². The number of fused-ring (bicyclic) bond motifs is 6. The van der Waals surface area contributed by atoms with Crippen molar-refractivity contribution in [1.29, 1.82) is 0 Å². The van der Waals surface area contributed by atoms with Gasteiger partial charge in [-0.05, 0) is 59.7 Å². The second kappa shape index (κ2) is 10.6. The first-order chi connectivity index (χ1) is 22.8. The summed E-state index contributed by atoms with van der Waals surface area (Å²) in [6, 6.07) is 43.2. The monoisotopic (exact) mass is 588 g/mol. The predicted octanol–water partition coefficient (Wildman–Crippen LogP) is 9.34. The van der Waals surface area contributed by atoms with Gasteiger partial charge in [-0.25, -0.2) is 15.0 Å². The molecule has 0 aliphatic rings. The molecule has 3 aromatic carbocycles. The molecule has 46 heavy (non-hydrogen) atoms. The summed E-state index contributed by atoms with van der Waals surface area (Å²) in [6.07, 6.45) is 5.44. The van der Waals surface area contributed by atoms with Gasteiger partial charge in [0, 0.05) is 45.7 Å². The van der Waals surface area contributed by atoms with Crippen LogP contribution in [0.2, 0.25) is 0 Å². The van der Waals surface area contributed by atoms with Crippen LogP contribution in [0.4, 0.5) is 0 Å². The highest BCUT2D eigenvalue weighted by Crippen LogP contribution is 2.33. The van der Waals surface area contributed by atoms with Crippen molar-refractivity contribution < 1.29 is 0 Å². The van der Waals surface area contributed by atoms with Crippen LogP contribution in [-0.2, 0) is 0 Å². The molecule has 9 aromatic rings. The fourth-order valence-electron chi connectivity index (χ4n) is 6.06. The van der Waals surface area contributed by atoms with E-state index in [-0.39, 0.29) is 0 Å². The van der Waals surface area contributed by atoms with E-state index in [2.05, 4.69) is 99.9 Å². The van der Waals surface area contributed by atoms with E-state index in [1.54, 1.807) is 0 Å². The van der Waals surface area contributed by atoms with Crippen LogP contribution in [0, 0.1) is 0 Å². The first kappa shape index (κ1) is 26.0. The van der Waals surface area contributed by atoms with Gasteiger partial charge in [0.2, 0.25) is 0 Å². The Bertz CT molecular complexity index is 2440. The Morgan fingerprint density at radius 3 is 1.33 bits per heavy atom. The molecule has 6 heteroatoms. The highest BCUT2D eigenvalue weighted by molar-refractivity contribution is 6.04. The van der Waals surface area contributed by atoms with Gasteiger partial charge in [-0.1, -0.05) is 78.9 Å². The Balaban J connectivity index is 1.24. The van der Waals surface area contributed by atoms with Gasteiger partial charge >= 0.3 is 0 Å². The third-order valence-electron chi connectivity index (χ3n) is 8.39. The lowest BCUT2D eigenvalue weighted by Gasteiger charge is -2.12. The standard InChI is InChI=1S/C40H24N6/c1-2-20-41-32(7-1)26-10-8-25(9-11-26)31-23-35(33-18-16-29-14-12-27-5-3-21-42-37(27)39(29)45-33)44-36(24-31)34-19-17-30-15-13-28-6-4-22-43-38(28)40(30)46-34/h1-24H. The minimum atomic E-state index is 0.758. The van der Waals surface area contributed by atoms with E-state index in [9.17, 15) is 0 Å². The van der Waals surface area contributed by atoms with E-state index in [1.165, 1.54) is 0 Å². The van der Waals surface area contributed by atoms with E-state index in [0.29, 0.717) is 0 Å². The van der Waals surface area contributed by atoms with Gasteiger partial charge in [0.05, 0.1) is 50.5 Å². The summed E-state index contributed by atoms with van der Waals surface area (Å²) in [5, 5.41) is 4.17. The van der Waals surface area contributed by atoms with E-state index in [0.717, 1.165) is 88.8 Å². The van der Waals surface area contributed by atoms with Crippen molar-refractivity contribution in [2.75, 3.05) is 0 Å². The van der Waals surface area contributed by atoms with E-state index in [4.69, 9.17) is 15.0 Å². The van der Waals surface area contributed by atoms with Gasteiger partial charge in [0.25, 0.3) is 0 Å². The van der Waals surface area contributed by atoms with Crippen molar-refractivity contribution in [3.8, 4) is 45.2 Å². The molecule has 9 rings (SSSR count). The number of nitrogens with zero attached hydrogens (tertiary/aromatic N) is 6. The number of rotatable bonds is 4. The Morgan fingerprint density at radius 1 is 0.283 bits per heavy atom. The van der Waals surface area contributed by atoms with Crippen LogP contribution in [0.1, 0.15) is 0 Å². The molecule has 0 bridgehead atoms. The number of benzene rings is 3. The molecule has 6 heterocycles. The zero-order valence-corrected chi connectivity index (χ0v) is 24.5. The predicted molar refractivity (Wildman–Crippen MR) is 185 cm³/mol. The van der Waals surface area contributed by atoms with Crippen LogP contribution in [0.5, 0.6) is 0 Å². The number of hydrogen-bond acceptors (Lipinski definition) is 6. The maximum Gasteiger partial charge on any atom is 0.0972 e. The van der Waals surface area contributed by atoms with Crippen molar-refractivity contribution >= 4 is 43.6 Å². The maximum atomic E-state index is 5.16. The highest BCUT2D eigenvalue weighted by Gasteiger charge is 2.14. The van der Waals surface area contributed by atoms with Crippen LogP contribution in [0.3, 0.4) is 0 Å². The summed E-state index contributed by atoms with van der Waals surface area (Å²) >= 11 is 0. The molecule has 0 spiro atoms. The SMILES string of the molecule is c1ccc(-c2ccc(-c3cc(-c4ccc5ccc6cccnc6c5n4)nc(-c4ccc5ccc6cccnc6c5n4)c3)cc2)nc1. The van der Waals surface area contributed by atoms with Crippen LogP contribution < -0.4 is 0 Å². The lowest BCUT2D eigenvalue weighted by molar-refractivity contribution is 1.25.